The van der Waals surface area contributed by atoms with E-state index in [0.29, 0.717) is 30.6 Å². The second-order valence-corrected chi connectivity index (χ2v) is 15.4. The second-order valence-electron chi connectivity index (χ2n) is 10.2. The first-order chi connectivity index (χ1) is 15.1. The minimum Gasteiger partial charge on any atom is -0.463 e. The Kier molecular flexibility index (Phi) is 5.97. The molecule has 4 rings (SSSR count). The molecule has 3 aliphatic carbocycles. The summed E-state index contributed by atoms with van der Waals surface area (Å²) in [6.45, 7) is 11.2. The van der Waals surface area contributed by atoms with Crippen molar-refractivity contribution in [1.82, 2.24) is 0 Å². The maximum absolute atomic E-state index is 13.8. The van der Waals surface area contributed by atoms with E-state index in [-0.39, 0.29) is 29.4 Å². The number of carbonyl (C=O) groups excluding carboxylic acids is 3. The highest BCUT2D eigenvalue weighted by molar-refractivity contribution is 6.83. The van der Waals surface area contributed by atoms with Crippen LogP contribution >= 0.6 is 0 Å². The van der Waals surface area contributed by atoms with Gasteiger partial charge in [0.1, 0.15) is 0 Å². The van der Waals surface area contributed by atoms with Crippen molar-refractivity contribution in [2.75, 3.05) is 6.61 Å². The van der Waals surface area contributed by atoms with E-state index in [1.165, 1.54) is 5.20 Å². The monoisotopic (exact) mass is 448 g/mol. The van der Waals surface area contributed by atoms with Crippen molar-refractivity contribution >= 4 is 25.6 Å². The minimum atomic E-state index is -1.58. The van der Waals surface area contributed by atoms with Gasteiger partial charge in [-0.25, -0.2) is 4.79 Å². The highest BCUT2D eigenvalue weighted by Gasteiger charge is 2.50. The van der Waals surface area contributed by atoms with Gasteiger partial charge in [0, 0.05) is 35.0 Å². The van der Waals surface area contributed by atoms with Crippen molar-refractivity contribution < 1.29 is 19.1 Å². The van der Waals surface area contributed by atoms with E-state index in [4.69, 9.17) is 4.74 Å². The average Bonchev–Trinajstić information content (AvgIpc) is 2.93. The molecular formula is C27H32O4Si. The molecule has 3 atom stereocenters. The summed E-state index contributed by atoms with van der Waals surface area (Å²) >= 11 is 0. The largest absolute Gasteiger partial charge is 0.463 e. The molecule has 0 saturated heterocycles. The van der Waals surface area contributed by atoms with Crippen LogP contribution in [-0.2, 0) is 9.53 Å². The van der Waals surface area contributed by atoms with Gasteiger partial charge in [0.25, 0.3) is 0 Å². The maximum Gasteiger partial charge on any atom is 0.330 e. The standard InChI is InChI=1S/C27H32O4Si/c1-6-31-23(28)14-17-11-12-18(32(3,4)5)15-21-16(2)13-22-25(24(17)21)27(30)20-10-8-7-9-19(20)26(22)29/h7-10,14-15,22,24-25H,6,11-13H2,1-5H3/b17-14+/t22-,24+,25-/m0/s1. The second kappa shape index (κ2) is 8.43. The molecule has 0 aliphatic heterocycles. The summed E-state index contributed by atoms with van der Waals surface area (Å²) in [6, 6.07) is 7.18. The molecule has 0 unspecified atom stereocenters. The maximum atomic E-state index is 13.8. The third-order valence-corrected chi connectivity index (χ3v) is 9.53. The number of fused-ring (bicyclic) bond motifs is 4. The van der Waals surface area contributed by atoms with E-state index in [0.717, 1.165) is 23.1 Å². The lowest BCUT2D eigenvalue weighted by Gasteiger charge is -2.42. The van der Waals surface area contributed by atoms with Gasteiger partial charge in [0.15, 0.2) is 11.6 Å². The van der Waals surface area contributed by atoms with E-state index in [2.05, 4.69) is 32.6 Å². The number of hydrogen-bond donors (Lipinski definition) is 0. The Morgan fingerprint density at radius 3 is 2.38 bits per heavy atom. The number of allylic oxidation sites excluding steroid dienone is 5. The van der Waals surface area contributed by atoms with Gasteiger partial charge in [0.05, 0.1) is 14.7 Å². The summed E-state index contributed by atoms with van der Waals surface area (Å²) in [7, 11) is -1.58. The fourth-order valence-corrected chi connectivity index (χ4v) is 7.04. The lowest BCUT2D eigenvalue weighted by Crippen LogP contribution is -2.44. The average molecular weight is 449 g/mol. The Balaban J connectivity index is 1.91. The molecule has 0 radical (unpaired) electrons. The normalized spacial score (nSPS) is 26.7. The van der Waals surface area contributed by atoms with Crippen LogP contribution in [0.25, 0.3) is 0 Å². The fourth-order valence-electron chi connectivity index (χ4n) is 5.57. The Morgan fingerprint density at radius 2 is 1.75 bits per heavy atom. The molecule has 0 saturated carbocycles. The predicted molar refractivity (Wildman–Crippen MR) is 128 cm³/mol. The summed E-state index contributed by atoms with van der Waals surface area (Å²) in [5, 5.41) is 1.44. The summed E-state index contributed by atoms with van der Waals surface area (Å²) in [5.74, 6) is -1.38. The summed E-state index contributed by atoms with van der Waals surface area (Å²) in [5.41, 5.74) is 4.28. The van der Waals surface area contributed by atoms with Gasteiger partial charge in [-0.15, -0.1) is 0 Å². The number of benzene rings is 1. The number of ether oxygens (including phenoxy) is 1. The van der Waals surface area contributed by atoms with Gasteiger partial charge in [-0.05, 0) is 38.7 Å². The molecule has 0 fully saturated rings. The van der Waals surface area contributed by atoms with Crippen molar-refractivity contribution in [3.05, 3.63) is 69.5 Å². The van der Waals surface area contributed by atoms with Crippen molar-refractivity contribution in [3.63, 3.8) is 0 Å². The SMILES string of the molecule is CCOC(=O)/C=C1\CCC([Si](C)(C)C)=CC2=C(C)C[C@@H]3C(=O)c4ccccc4C(=O)[C@@H]3[C@@H]21. The highest BCUT2D eigenvalue weighted by Crippen LogP contribution is 2.51. The van der Waals surface area contributed by atoms with Gasteiger partial charge in [0.2, 0.25) is 0 Å². The van der Waals surface area contributed by atoms with Gasteiger partial charge in [-0.1, -0.05) is 66.3 Å². The quantitative estimate of drug-likeness (QED) is 0.337. The molecular weight excluding hydrogens is 416 g/mol. The van der Waals surface area contributed by atoms with Crippen LogP contribution in [0.2, 0.25) is 19.6 Å². The Labute approximate surface area is 191 Å². The molecule has 0 N–H and O–H groups in total. The van der Waals surface area contributed by atoms with Crippen molar-refractivity contribution in [3.8, 4) is 0 Å². The van der Waals surface area contributed by atoms with Crippen molar-refractivity contribution in [1.29, 1.82) is 0 Å². The van der Waals surface area contributed by atoms with Crippen molar-refractivity contribution in [2.24, 2.45) is 17.8 Å². The third-order valence-electron chi connectivity index (χ3n) is 7.21. The summed E-state index contributed by atoms with van der Waals surface area (Å²) in [6.07, 6.45) is 6.10. The number of rotatable bonds is 3. The van der Waals surface area contributed by atoms with Crippen LogP contribution in [0.5, 0.6) is 0 Å². The van der Waals surface area contributed by atoms with Crippen LogP contribution in [0.15, 0.2) is 58.3 Å². The zero-order valence-electron chi connectivity index (χ0n) is 19.7. The topological polar surface area (TPSA) is 60.4 Å². The third kappa shape index (κ3) is 3.87. The smallest absolute Gasteiger partial charge is 0.330 e. The van der Waals surface area contributed by atoms with Crippen LogP contribution < -0.4 is 0 Å². The van der Waals surface area contributed by atoms with E-state index < -0.39 is 14.0 Å². The zero-order chi connectivity index (χ0) is 23.2. The highest BCUT2D eigenvalue weighted by atomic mass is 28.3. The van der Waals surface area contributed by atoms with Gasteiger partial charge < -0.3 is 4.74 Å². The first-order valence-electron chi connectivity index (χ1n) is 11.6. The molecule has 1 aromatic rings. The number of carbonyl (C=O) groups is 3. The number of Topliss-reactive ketones (excluding diaryl/α,β-unsaturated/α-hetero) is 2. The Hall–Kier alpha value is -2.53. The molecule has 0 bridgehead atoms. The molecule has 0 heterocycles. The number of esters is 1. The number of hydrogen-bond acceptors (Lipinski definition) is 4. The lowest BCUT2D eigenvalue weighted by molar-refractivity contribution is -0.137. The van der Waals surface area contributed by atoms with Gasteiger partial charge in [-0.3, -0.25) is 9.59 Å². The molecule has 32 heavy (non-hydrogen) atoms. The molecule has 168 valence electrons. The summed E-state index contributed by atoms with van der Waals surface area (Å²) in [4.78, 5) is 39.7. The Bertz CT molecular complexity index is 1080. The van der Waals surface area contributed by atoms with Crippen LogP contribution in [-0.4, -0.2) is 32.2 Å². The van der Waals surface area contributed by atoms with E-state index in [9.17, 15) is 14.4 Å². The number of ketones is 2. The van der Waals surface area contributed by atoms with Crippen LogP contribution in [0.1, 0.15) is 53.8 Å². The molecule has 0 amide bonds. The molecule has 0 spiro atoms. The predicted octanol–water partition coefficient (Wildman–Crippen LogP) is 5.72. The van der Waals surface area contributed by atoms with Crippen molar-refractivity contribution in [2.45, 2.75) is 52.8 Å². The molecule has 4 nitrogen and oxygen atoms in total. The van der Waals surface area contributed by atoms with Crippen LogP contribution in [0.4, 0.5) is 0 Å². The molecule has 1 aromatic carbocycles. The Morgan fingerprint density at radius 1 is 1.09 bits per heavy atom. The van der Waals surface area contributed by atoms with Crippen LogP contribution in [0, 0.1) is 17.8 Å². The van der Waals surface area contributed by atoms with Crippen LogP contribution in [0.3, 0.4) is 0 Å². The first kappa shape index (κ1) is 22.7. The lowest BCUT2D eigenvalue weighted by atomic mass is 9.59. The van der Waals surface area contributed by atoms with Gasteiger partial charge in [-0.2, -0.15) is 0 Å². The van der Waals surface area contributed by atoms with E-state index in [1.807, 2.05) is 12.1 Å². The molecule has 3 aliphatic rings. The molecule has 0 aromatic heterocycles. The van der Waals surface area contributed by atoms with E-state index >= 15 is 0 Å². The summed E-state index contributed by atoms with van der Waals surface area (Å²) < 4.78 is 5.23. The fraction of sp³-hybridized carbons (Fsp3) is 0.444. The zero-order valence-corrected chi connectivity index (χ0v) is 20.7. The van der Waals surface area contributed by atoms with E-state index in [1.54, 1.807) is 25.1 Å². The first-order valence-corrected chi connectivity index (χ1v) is 15.1. The molecule has 5 heteroatoms. The minimum absolute atomic E-state index is 0.0276. The van der Waals surface area contributed by atoms with Gasteiger partial charge >= 0.3 is 5.97 Å².